The lowest BCUT2D eigenvalue weighted by molar-refractivity contribution is -0.0512. The quantitative estimate of drug-likeness (QED) is 0.0577. The molecule has 13 rings (SSSR count). The molecule has 1 atom stereocenters. The van der Waals surface area contributed by atoms with Crippen LogP contribution in [0.3, 0.4) is 0 Å². The van der Waals surface area contributed by atoms with Crippen LogP contribution in [0, 0.1) is 23.3 Å². The number of hydrogen-bond donors (Lipinski definition) is 0. The number of carbonyl (C=O) groups is 2. The van der Waals surface area contributed by atoms with E-state index < -0.39 is 67.2 Å². The number of benzene rings is 7. The lowest BCUT2D eigenvalue weighted by Crippen LogP contribution is -2.47. The Morgan fingerprint density at radius 1 is 0.530 bits per heavy atom. The molecule has 3 saturated carbocycles. The van der Waals surface area contributed by atoms with Crippen molar-refractivity contribution < 1.29 is 67.1 Å². The van der Waals surface area contributed by atoms with Gasteiger partial charge in [0.1, 0.15) is 57.3 Å². The highest BCUT2D eigenvalue weighted by Gasteiger charge is 2.51. The number of halogens is 7. The van der Waals surface area contributed by atoms with Gasteiger partial charge >= 0.3 is 15.6 Å². The van der Waals surface area contributed by atoms with Crippen LogP contribution in [0.2, 0.25) is 0 Å². The fourth-order valence-electron chi connectivity index (χ4n) is 11.2. The molecule has 430 valence electrons. The van der Waals surface area contributed by atoms with E-state index in [0.717, 1.165) is 103 Å². The van der Waals surface area contributed by atoms with E-state index in [-0.39, 0.29) is 41.3 Å². The third-order valence-corrected chi connectivity index (χ3v) is 16.9. The number of hydrogen-bond acceptors (Lipinski definition) is 8. The van der Waals surface area contributed by atoms with Crippen molar-refractivity contribution in [3.05, 3.63) is 243 Å². The van der Waals surface area contributed by atoms with E-state index in [1.807, 2.05) is 105 Å². The van der Waals surface area contributed by atoms with E-state index in [0.29, 0.717) is 24.2 Å². The van der Waals surface area contributed by atoms with Crippen molar-refractivity contribution in [3.63, 3.8) is 0 Å². The molecule has 1 unspecified atom stereocenters. The maximum atomic E-state index is 13.9. The number of rotatable bonds is 10. The van der Waals surface area contributed by atoms with Crippen molar-refractivity contribution in [2.24, 2.45) is 0 Å². The number of ether oxygens (including phenoxy) is 3. The summed E-state index contributed by atoms with van der Waals surface area (Å²) < 4.78 is 138. The maximum Gasteiger partial charge on any atom is 0.534 e. The van der Waals surface area contributed by atoms with Gasteiger partial charge < -0.3 is 18.4 Å². The Labute approximate surface area is 477 Å². The predicted molar refractivity (Wildman–Crippen MR) is 302 cm³/mol. The summed E-state index contributed by atoms with van der Waals surface area (Å²) in [6.07, 6.45) is 13.0. The number of Topliss-reactive ketones (excluding diaryl/α,β-unsaturated/α-hetero) is 2. The van der Waals surface area contributed by atoms with Crippen LogP contribution in [0.15, 0.2) is 170 Å². The van der Waals surface area contributed by atoms with Crippen molar-refractivity contribution >= 4 is 33.0 Å². The van der Waals surface area contributed by atoms with Crippen molar-refractivity contribution in [2.75, 3.05) is 0 Å². The monoisotopic (exact) mass is 1160 g/mol. The first-order valence-electron chi connectivity index (χ1n) is 27.8. The molecule has 0 aromatic heterocycles. The topological polar surface area (TPSA) is 105 Å². The standard InChI is InChI=1S/C26H22F2O2.C26H20F2O2.C13H11F3O4S.C2H6/c2*27-21-6-3-7-22(28)25(21)23(29)15-17-9-11-18(12-10-17)20-16-26(13-4-14-26)30-24-8-2-1-5-19(20)24;14-13(15,16)21(17,18)20-11-8-12(6-3-7-12)19-10-5-2-1-4-9(10)11;1-2/h1-3,5-12,20H,4,13-16H2;1-3,5-12,16H,4,13-15H2;1-2,4-5,8H,3,6-7H2;1-2H3. The molecule has 0 saturated heterocycles. The number of carbonyl (C=O) groups excluding carboxylic acids is 2. The summed E-state index contributed by atoms with van der Waals surface area (Å²) in [5, 5.41) is 0. The molecule has 3 aliphatic carbocycles. The fraction of sp³-hybridized carbons (Fsp3) is 0.284. The average molecular weight is 1160 g/mol. The van der Waals surface area contributed by atoms with Crippen LogP contribution in [-0.4, -0.2) is 42.3 Å². The molecule has 7 aromatic rings. The summed E-state index contributed by atoms with van der Waals surface area (Å²) in [5.41, 5.74) is -0.236. The zero-order valence-corrected chi connectivity index (χ0v) is 46.4. The summed E-state index contributed by atoms with van der Waals surface area (Å²) in [5.74, 6) is -2.32. The molecular formula is C67H59F7O8S. The molecule has 7 aromatic carbocycles. The minimum atomic E-state index is -5.70. The van der Waals surface area contributed by atoms with Gasteiger partial charge in [-0.3, -0.25) is 9.59 Å². The van der Waals surface area contributed by atoms with Gasteiger partial charge in [-0.05, 0) is 147 Å². The molecule has 3 heterocycles. The Kier molecular flexibility index (Phi) is 16.6. The zero-order valence-electron chi connectivity index (χ0n) is 45.5. The Hall–Kier alpha value is -7.98. The Bertz CT molecular complexity index is 3690. The summed E-state index contributed by atoms with van der Waals surface area (Å²) in [4.78, 5) is 24.9. The van der Waals surface area contributed by atoms with Crippen molar-refractivity contribution in [2.45, 2.75) is 119 Å². The van der Waals surface area contributed by atoms with Crippen molar-refractivity contribution in [1.82, 2.24) is 0 Å². The molecule has 6 aliphatic rings. The van der Waals surface area contributed by atoms with Gasteiger partial charge in [0, 0.05) is 36.0 Å². The summed E-state index contributed by atoms with van der Waals surface area (Å²) in [6, 6.07) is 44.8. The van der Waals surface area contributed by atoms with E-state index >= 15 is 0 Å². The Morgan fingerprint density at radius 2 is 0.976 bits per heavy atom. The van der Waals surface area contributed by atoms with E-state index in [9.17, 15) is 48.7 Å². The lowest BCUT2D eigenvalue weighted by atomic mass is 9.69. The van der Waals surface area contributed by atoms with Gasteiger partial charge in [0.05, 0.1) is 16.7 Å². The summed E-state index contributed by atoms with van der Waals surface area (Å²) in [6.45, 7) is 4.00. The molecule has 0 amide bonds. The predicted octanol–water partition coefficient (Wildman–Crippen LogP) is 16.6. The van der Waals surface area contributed by atoms with Crippen molar-refractivity contribution in [3.8, 4) is 17.2 Å². The molecule has 3 aliphatic heterocycles. The molecule has 16 heteroatoms. The number of para-hydroxylation sites is 3. The highest BCUT2D eigenvalue weighted by molar-refractivity contribution is 7.87. The number of fused-ring (bicyclic) bond motifs is 3. The maximum absolute atomic E-state index is 13.9. The summed E-state index contributed by atoms with van der Waals surface area (Å²) in [7, 11) is -5.70. The van der Waals surface area contributed by atoms with Gasteiger partial charge in [0.2, 0.25) is 0 Å². The lowest BCUT2D eigenvalue weighted by Gasteiger charge is -2.48. The van der Waals surface area contributed by atoms with Crippen LogP contribution in [0.1, 0.15) is 144 Å². The van der Waals surface area contributed by atoms with Crippen LogP contribution in [0.25, 0.3) is 11.3 Å². The first-order chi connectivity index (χ1) is 39.8. The van der Waals surface area contributed by atoms with Gasteiger partial charge in [0.15, 0.2) is 17.3 Å². The zero-order chi connectivity index (χ0) is 58.7. The van der Waals surface area contributed by atoms with E-state index in [1.54, 1.807) is 18.2 Å². The SMILES string of the molecule is CC.O=C(Cc1ccc(C2=CC3(CCC3)Oc3ccccc32)cc1)c1c(F)cccc1F.O=C(Cc1ccc(C2CC3(CCC3)Oc3ccccc32)cc1)c1c(F)cccc1F.O=S(=O)(OC1=CC2(CCC2)Oc2ccccc21)C(F)(F)F. The highest BCUT2D eigenvalue weighted by Crippen LogP contribution is 2.52. The number of ketones is 2. The first kappa shape index (κ1) is 58.2. The van der Waals surface area contributed by atoms with Gasteiger partial charge in [-0.1, -0.05) is 123 Å². The summed E-state index contributed by atoms with van der Waals surface area (Å²) >= 11 is 0. The normalized spacial score (nSPS) is 17.9. The van der Waals surface area contributed by atoms with Crippen LogP contribution >= 0.6 is 0 Å². The Balaban J connectivity index is 0.000000139. The smallest absolute Gasteiger partial charge is 0.487 e. The molecule has 0 N–H and O–H groups in total. The van der Waals surface area contributed by atoms with Crippen LogP contribution < -0.4 is 14.2 Å². The number of alkyl halides is 3. The highest BCUT2D eigenvalue weighted by atomic mass is 32.2. The van der Waals surface area contributed by atoms with Gasteiger partial charge in [0.25, 0.3) is 0 Å². The fourth-order valence-corrected chi connectivity index (χ4v) is 11.7. The third kappa shape index (κ3) is 12.3. The molecule has 0 radical (unpaired) electrons. The molecule has 0 bridgehead atoms. The molecule has 3 fully saturated rings. The van der Waals surface area contributed by atoms with E-state index in [4.69, 9.17) is 14.2 Å². The largest absolute Gasteiger partial charge is 0.534 e. The van der Waals surface area contributed by atoms with E-state index in [1.165, 1.54) is 41.8 Å². The van der Waals surface area contributed by atoms with Crippen LogP contribution in [0.5, 0.6) is 17.2 Å². The van der Waals surface area contributed by atoms with Gasteiger partial charge in [-0.2, -0.15) is 21.6 Å². The molecule has 8 nitrogen and oxygen atoms in total. The minimum absolute atomic E-state index is 0.0353. The van der Waals surface area contributed by atoms with Crippen molar-refractivity contribution in [1.29, 1.82) is 0 Å². The third-order valence-electron chi connectivity index (χ3n) is 16.0. The molecular weight excluding hydrogens is 1100 g/mol. The van der Waals surface area contributed by atoms with E-state index in [2.05, 4.69) is 16.3 Å². The van der Waals surface area contributed by atoms with Gasteiger partial charge in [-0.15, -0.1) is 0 Å². The van der Waals surface area contributed by atoms with Crippen LogP contribution in [0.4, 0.5) is 30.7 Å². The second-order valence-corrected chi connectivity index (χ2v) is 22.9. The molecule has 3 spiro atoms. The van der Waals surface area contributed by atoms with Gasteiger partial charge in [-0.25, -0.2) is 17.6 Å². The van der Waals surface area contributed by atoms with Crippen LogP contribution in [-0.2, 0) is 27.1 Å². The molecule has 83 heavy (non-hydrogen) atoms. The second-order valence-electron chi connectivity index (χ2n) is 21.3. The Morgan fingerprint density at radius 3 is 1.46 bits per heavy atom. The first-order valence-corrected chi connectivity index (χ1v) is 29.2. The average Bonchev–Trinajstić information content (AvgIpc) is 3.11. The second kappa shape index (κ2) is 23.7. The minimum Gasteiger partial charge on any atom is -0.487 e.